The number of benzene rings is 1. The first-order valence-electron chi connectivity index (χ1n) is 7.57. The molecule has 1 aliphatic heterocycles. The van der Waals surface area contributed by atoms with Gasteiger partial charge in [0.2, 0.25) is 0 Å². The lowest BCUT2D eigenvalue weighted by atomic mass is 10.1. The number of fused-ring (bicyclic) bond motifs is 1. The number of carbonyl (C=O) groups is 1. The fraction of sp³-hybridized carbons (Fsp3) is 0.294. The third kappa shape index (κ3) is 3.36. The Kier molecular flexibility index (Phi) is 4.32. The van der Waals surface area contributed by atoms with E-state index in [0.717, 1.165) is 22.6 Å². The van der Waals surface area contributed by atoms with Crippen molar-refractivity contribution >= 4 is 12.0 Å². The summed E-state index contributed by atoms with van der Waals surface area (Å²) >= 11 is 0. The predicted molar refractivity (Wildman–Crippen MR) is 86.2 cm³/mol. The Morgan fingerprint density at radius 2 is 2.39 bits per heavy atom. The van der Waals surface area contributed by atoms with Crippen LogP contribution in [0.4, 0.5) is 0 Å². The quantitative estimate of drug-likeness (QED) is 0.889. The average Bonchev–Trinajstić information content (AvgIpc) is 3.09. The molecule has 1 atom stereocenters. The fourth-order valence-corrected chi connectivity index (χ4v) is 2.41. The number of hydrogen-bond acceptors (Lipinski definition) is 4. The number of nitrogens with zero attached hydrogens (tertiary/aromatic N) is 1. The summed E-state index contributed by atoms with van der Waals surface area (Å²) in [5, 5.41) is 9.57. The molecule has 0 saturated heterocycles. The second-order valence-corrected chi connectivity index (χ2v) is 5.32. The molecule has 0 radical (unpaired) electrons. The van der Waals surface area contributed by atoms with Crippen LogP contribution in [0.15, 0.2) is 36.2 Å². The normalized spacial score (nSPS) is 14.3. The second kappa shape index (κ2) is 6.56. The Bertz CT molecular complexity index is 723. The maximum atomic E-state index is 12.4. The number of carbonyl (C=O) groups excluding carboxylic acids is 1. The molecule has 120 valence electrons. The van der Waals surface area contributed by atoms with Gasteiger partial charge in [0.15, 0.2) is 0 Å². The zero-order valence-electron chi connectivity index (χ0n) is 13.1. The molecule has 1 aromatic carbocycles. The van der Waals surface area contributed by atoms with Gasteiger partial charge in [-0.1, -0.05) is 0 Å². The maximum absolute atomic E-state index is 12.4. The Balaban J connectivity index is 1.75. The molecular weight excluding hydrogens is 294 g/mol. The summed E-state index contributed by atoms with van der Waals surface area (Å²) in [6, 6.07) is 5.48. The first-order chi connectivity index (χ1) is 11.2. The first-order valence-corrected chi connectivity index (χ1v) is 7.57. The average molecular weight is 313 g/mol. The molecule has 1 unspecified atom stereocenters. The fourth-order valence-electron chi connectivity index (χ4n) is 2.41. The van der Waals surface area contributed by atoms with Crippen LogP contribution in [-0.2, 0) is 4.79 Å². The SMILES string of the molecule is CCOc1ccc2c(c1)C=C(C(=O)NC(C)c1cn[nH]c1)CO2. The van der Waals surface area contributed by atoms with Gasteiger partial charge in [-0.2, -0.15) is 5.10 Å². The van der Waals surface area contributed by atoms with Crippen LogP contribution >= 0.6 is 0 Å². The van der Waals surface area contributed by atoms with Crippen LogP contribution in [0, 0.1) is 0 Å². The Morgan fingerprint density at radius 1 is 1.52 bits per heavy atom. The van der Waals surface area contributed by atoms with Gasteiger partial charge < -0.3 is 14.8 Å². The molecule has 0 spiro atoms. The number of H-pyrrole nitrogens is 1. The molecule has 6 nitrogen and oxygen atoms in total. The zero-order chi connectivity index (χ0) is 16.2. The molecule has 2 N–H and O–H groups in total. The van der Waals surface area contributed by atoms with Gasteiger partial charge in [-0.25, -0.2) is 0 Å². The molecule has 3 rings (SSSR count). The molecule has 0 fully saturated rings. The van der Waals surface area contributed by atoms with Gasteiger partial charge in [-0.05, 0) is 38.1 Å². The Morgan fingerprint density at radius 3 is 3.13 bits per heavy atom. The number of hydrogen-bond donors (Lipinski definition) is 2. The van der Waals surface area contributed by atoms with Gasteiger partial charge in [-0.3, -0.25) is 9.89 Å². The van der Waals surface area contributed by atoms with Crippen LogP contribution in [-0.4, -0.2) is 29.3 Å². The van der Waals surface area contributed by atoms with Crippen LogP contribution in [0.25, 0.3) is 6.08 Å². The molecule has 0 saturated carbocycles. The van der Waals surface area contributed by atoms with E-state index < -0.39 is 0 Å². The molecular formula is C17H19N3O3. The molecule has 1 amide bonds. The third-order valence-corrected chi connectivity index (χ3v) is 3.66. The molecule has 23 heavy (non-hydrogen) atoms. The lowest BCUT2D eigenvalue weighted by Gasteiger charge is -2.20. The van der Waals surface area contributed by atoms with E-state index in [0.29, 0.717) is 12.2 Å². The van der Waals surface area contributed by atoms with Crippen LogP contribution < -0.4 is 14.8 Å². The van der Waals surface area contributed by atoms with Crippen molar-refractivity contribution in [2.45, 2.75) is 19.9 Å². The highest BCUT2D eigenvalue weighted by Crippen LogP contribution is 2.30. The smallest absolute Gasteiger partial charge is 0.251 e. The van der Waals surface area contributed by atoms with Crippen molar-refractivity contribution in [1.82, 2.24) is 15.5 Å². The van der Waals surface area contributed by atoms with Crippen LogP contribution in [0.5, 0.6) is 11.5 Å². The summed E-state index contributed by atoms with van der Waals surface area (Å²) in [6.07, 6.45) is 5.31. The molecule has 1 aromatic heterocycles. The van der Waals surface area contributed by atoms with Crippen LogP contribution in [0.2, 0.25) is 0 Å². The number of aromatic nitrogens is 2. The highest BCUT2D eigenvalue weighted by molar-refractivity contribution is 5.99. The van der Waals surface area contributed by atoms with E-state index in [2.05, 4.69) is 15.5 Å². The van der Waals surface area contributed by atoms with Gasteiger partial charge in [0.1, 0.15) is 18.1 Å². The molecule has 6 heteroatoms. The van der Waals surface area contributed by atoms with Crippen LogP contribution in [0.1, 0.15) is 31.0 Å². The summed E-state index contributed by atoms with van der Waals surface area (Å²) in [5.74, 6) is 1.37. The van der Waals surface area contributed by atoms with E-state index >= 15 is 0 Å². The highest BCUT2D eigenvalue weighted by atomic mass is 16.5. The van der Waals surface area contributed by atoms with Gasteiger partial charge in [0.05, 0.1) is 24.4 Å². The van der Waals surface area contributed by atoms with Crippen molar-refractivity contribution in [2.75, 3.05) is 13.2 Å². The molecule has 0 aliphatic carbocycles. The summed E-state index contributed by atoms with van der Waals surface area (Å²) in [5.41, 5.74) is 2.36. The first kappa shape index (κ1) is 15.1. The van der Waals surface area contributed by atoms with E-state index in [1.165, 1.54) is 0 Å². The summed E-state index contributed by atoms with van der Waals surface area (Å²) in [4.78, 5) is 12.4. The van der Waals surface area contributed by atoms with Gasteiger partial charge >= 0.3 is 0 Å². The van der Waals surface area contributed by atoms with Crippen molar-refractivity contribution < 1.29 is 14.3 Å². The predicted octanol–water partition coefficient (Wildman–Crippen LogP) is 2.46. The number of ether oxygens (including phenoxy) is 2. The van der Waals surface area contributed by atoms with E-state index in [4.69, 9.17) is 9.47 Å². The standard InChI is InChI=1S/C17H19N3O3/c1-3-22-15-4-5-16-12(7-15)6-13(10-23-16)17(21)20-11(2)14-8-18-19-9-14/h4-9,11H,3,10H2,1-2H3,(H,18,19)(H,20,21). The van der Waals surface area contributed by atoms with Gasteiger partial charge in [-0.15, -0.1) is 0 Å². The molecule has 2 aromatic rings. The van der Waals surface area contributed by atoms with E-state index in [1.54, 1.807) is 12.4 Å². The zero-order valence-corrected chi connectivity index (χ0v) is 13.1. The van der Waals surface area contributed by atoms with Crippen molar-refractivity contribution in [2.24, 2.45) is 0 Å². The summed E-state index contributed by atoms with van der Waals surface area (Å²) in [6.45, 7) is 4.69. The minimum Gasteiger partial charge on any atom is -0.494 e. The summed E-state index contributed by atoms with van der Waals surface area (Å²) < 4.78 is 11.1. The number of amides is 1. The summed E-state index contributed by atoms with van der Waals surface area (Å²) in [7, 11) is 0. The minimum atomic E-state index is -0.147. The molecule has 2 heterocycles. The van der Waals surface area contributed by atoms with Crippen molar-refractivity contribution in [1.29, 1.82) is 0 Å². The minimum absolute atomic E-state index is 0.127. The van der Waals surface area contributed by atoms with Crippen molar-refractivity contribution in [3.63, 3.8) is 0 Å². The van der Waals surface area contributed by atoms with E-state index in [1.807, 2.05) is 38.1 Å². The highest BCUT2D eigenvalue weighted by Gasteiger charge is 2.19. The third-order valence-electron chi connectivity index (χ3n) is 3.66. The second-order valence-electron chi connectivity index (χ2n) is 5.32. The lowest BCUT2D eigenvalue weighted by molar-refractivity contribution is -0.118. The Labute approximate surface area is 134 Å². The Hall–Kier alpha value is -2.76. The van der Waals surface area contributed by atoms with E-state index in [-0.39, 0.29) is 18.6 Å². The topological polar surface area (TPSA) is 76.2 Å². The largest absolute Gasteiger partial charge is 0.494 e. The monoisotopic (exact) mass is 313 g/mol. The number of aromatic amines is 1. The number of rotatable bonds is 5. The van der Waals surface area contributed by atoms with Crippen molar-refractivity contribution in [3.8, 4) is 11.5 Å². The van der Waals surface area contributed by atoms with Crippen molar-refractivity contribution in [3.05, 3.63) is 47.3 Å². The lowest BCUT2D eigenvalue weighted by Crippen LogP contribution is -2.30. The number of nitrogens with one attached hydrogen (secondary N) is 2. The van der Waals surface area contributed by atoms with Gasteiger partial charge in [0.25, 0.3) is 5.91 Å². The molecule has 0 bridgehead atoms. The van der Waals surface area contributed by atoms with Crippen LogP contribution in [0.3, 0.4) is 0 Å². The maximum Gasteiger partial charge on any atom is 0.251 e. The van der Waals surface area contributed by atoms with E-state index in [9.17, 15) is 4.79 Å². The van der Waals surface area contributed by atoms with Gasteiger partial charge in [0, 0.05) is 17.3 Å². The molecule has 1 aliphatic rings.